The van der Waals surface area contributed by atoms with E-state index >= 15 is 0 Å². The summed E-state index contributed by atoms with van der Waals surface area (Å²) in [7, 11) is 4.11. The molecule has 1 heterocycles. The highest BCUT2D eigenvalue weighted by Gasteiger charge is 2.19. The Morgan fingerprint density at radius 2 is 2.15 bits per heavy atom. The fourth-order valence-corrected chi connectivity index (χ4v) is 2.84. The first-order valence-corrected chi connectivity index (χ1v) is 7.41. The van der Waals surface area contributed by atoms with Gasteiger partial charge in [-0.2, -0.15) is 0 Å². The maximum Gasteiger partial charge on any atom is 0.123 e. The summed E-state index contributed by atoms with van der Waals surface area (Å²) >= 11 is 0. The van der Waals surface area contributed by atoms with Gasteiger partial charge in [0.15, 0.2) is 0 Å². The second-order valence-corrected chi connectivity index (χ2v) is 5.51. The average molecular weight is 280 g/mol. The third kappa shape index (κ3) is 4.27. The predicted octanol–water partition coefficient (Wildman–Crippen LogP) is 2.59. The zero-order chi connectivity index (χ0) is 14.4. The first kappa shape index (κ1) is 15.4. The van der Waals surface area contributed by atoms with Crippen molar-refractivity contribution in [2.45, 2.75) is 31.3 Å². The molecule has 1 N–H and O–H groups in total. The molecule has 0 bridgehead atoms. The lowest BCUT2D eigenvalue weighted by Gasteiger charge is -2.32. The van der Waals surface area contributed by atoms with Crippen molar-refractivity contribution in [1.82, 2.24) is 10.2 Å². The molecule has 1 aromatic carbocycles. The summed E-state index contributed by atoms with van der Waals surface area (Å²) < 4.78 is 18.7. The summed E-state index contributed by atoms with van der Waals surface area (Å²) in [5, 5.41) is 3.29. The first-order chi connectivity index (χ1) is 9.70. The van der Waals surface area contributed by atoms with Gasteiger partial charge in [0, 0.05) is 25.3 Å². The zero-order valence-electron chi connectivity index (χ0n) is 12.4. The van der Waals surface area contributed by atoms with Crippen LogP contribution in [0.3, 0.4) is 0 Å². The number of benzene rings is 1. The molecule has 1 aliphatic heterocycles. The molecule has 1 unspecified atom stereocenters. The van der Waals surface area contributed by atoms with Gasteiger partial charge >= 0.3 is 0 Å². The number of hydrogen-bond acceptors (Lipinski definition) is 3. The molecule has 0 aromatic heterocycles. The van der Waals surface area contributed by atoms with Crippen LogP contribution in [0.1, 0.15) is 30.9 Å². The second kappa shape index (κ2) is 7.72. The van der Waals surface area contributed by atoms with E-state index < -0.39 is 0 Å². The standard InChI is InChI=1S/C16H25FN2O/c1-18-16(13-4-3-5-14(17)12-13)6-9-19(2)15-7-10-20-11-8-15/h3-5,12,15-16,18H,6-11H2,1-2H3. The minimum Gasteiger partial charge on any atom is -0.381 e. The van der Waals surface area contributed by atoms with Crippen molar-refractivity contribution in [3.63, 3.8) is 0 Å². The smallest absolute Gasteiger partial charge is 0.123 e. The highest BCUT2D eigenvalue weighted by molar-refractivity contribution is 5.20. The van der Waals surface area contributed by atoms with Gasteiger partial charge in [0.1, 0.15) is 5.82 Å². The normalized spacial score (nSPS) is 18.4. The van der Waals surface area contributed by atoms with Gasteiger partial charge in [-0.05, 0) is 57.6 Å². The average Bonchev–Trinajstić information content (AvgIpc) is 2.48. The summed E-state index contributed by atoms with van der Waals surface area (Å²) in [5.41, 5.74) is 1.02. The van der Waals surface area contributed by atoms with Crippen molar-refractivity contribution >= 4 is 0 Å². The molecule has 0 spiro atoms. The molecule has 2 rings (SSSR count). The molecule has 0 aliphatic carbocycles. The minimum absolute atomic E-state index is 0.166. The number of rotatable bonds is 6. The van der Waals surface area contributed by atoms with Gasteiger partial charge in [0.2, 0.25) is 0 Å². The molecule has 1 atom stereocenters. The van der Waals surface area contributed by atoms with Crippen LogP contribution in [-0.2, 0) is 4.74 Å². The molecular weight excluding hydrogens is 255 g/mol. The maximum absolute atomic E-state index is 13.3. The van der Waals surface area contributed by atoms with Crippen LogP contribution in [-0.4, -0.2) is 44.8 Å². The Labute approximate surface area is 121 Å². The van der Waals surface area contributed by atoms with E-state index in [0.29, 0.717) is 6.04 Å². The zero-order valence-corrected chi connectivity index (χ0v) is 12.4. The van der Waals surface area contributed by atoms with E-state index in [1.807, 2.05) is 13.1 Å². The van der Waals surface area contributed by atoms with Gasteiger partial charge in [0.25, 0.3) is 0 Å². The molecule has 1 aliphatic rings. The van der Waals surface area contributed by atoms with Crippen LogP contribution in [0, 0.1) is 5.82 Å². The number of nitrogens with zero attached hydrogens (tertiary/aromatic N) is 1. The monoisotopic (exact) mass is 280 g/mol. The van der Waals surface area contributed by atoms with Crippen LogP contribution in [0.5, 0.6) is 0 Å². The van der Waals surface area contributed by atoms with E-state index in [4.69, 9.17) is 4.74 Å². The van der Waals surface area contributed by atoms with Crippen molar-refractivity contribution in [1.29, 1.82) is 0 Å². The Kier molecular flexibility index (Phi) is 5.95. The number of hydrogen-bond donors (Lipinski definition) is 1. The molecule has 1 saturated heterocycles. The number of ether oxygens (including phenoxy) is 1. The van der Waals surface area contributed by atoms with Crippen LogP contribution in [0.2, 0.25) is 0 Å². The van der Waals surface area contributed by atoms with Crippen molar-refractivity contribution in [3.8, 4) is 0 Å². The van der Waals surface area contributed by atoms with Crippen LogP contribution in [0.15, 0.2) is 24.3 Å². The third-order valence-electron chi connectivity index (χ3n) is 4.18. The fourth-order valence-electron chi connectivity index (χ4n) is 2.84. The summed E-state index contributed by atoms with van der Waals surface area (Å²) in [6, 6.07) is 7.69. The lowest BCUT2D eigenvalue weighted by atomic mass is 10.0. The summed E-state index contributed by atoms with van der Waals surface area (Å²) in [4.78, 5) is 2.41. The number of halogens is 1. The van der Waals surface area contributed by atoms with Crippen molar-refractivity contribution in [2.24, 2.45) is 0 Å². The summed E-state index contributed by atoms with van der Waals surface area (Å²) in [6.45, 7) is 2.75. The number of nitrogens with one attached hydrogen (secondary N) is 1. The quantitative estimate of drug-likeness (QED) is 0.867. The molecule has 4 heteroatoms. The van der Waals surface area contributed by atoms with Crippen molar-refractivity contribution in [2.75, 3.05) is 33.9 Å². The van der Waals surface area contributed by atoms with E-state index in [2.05, 4.69) is 17.3 Å². The van der Waals surface area contributed by atoms with E-state index in [1.54, 1.807) is 12.1 Å². The largest absolute Gasteiger partial charge is 0.381 e. The van der Waals surface area contributed by atoms with Crippen LogP contribution in [0.25, 0.3) is 0 Å². The lowest BCUT2D eigenvalue weighted by molar-refractivity contribution is 0.0420. The maximum atomic E-state index is 13.3. The second-order valence-electron chi connectivity index (χ2n) is 5.51. The first-order valence-electron chi connectivity index (χ1n) is 7.41. The summed E-state index contributed by atoms with van der Waals surface area (Å²) in [6.07, 6.45) is 3.20. The summed E-state index contributed by atoms with van der Waals surface area (Å²) in [5.74, 6) is -0.166. The fraction of sp³-hybridized carbons (Fsp3) is 0.625. The van der Waals surface area contributed by atoms with Gasteiger partial charge < -0.3 is 15.0 Å². The van der Waals surface area contributed by atoms with E-state index in [0.717, 1.165) is 44.6 Å². The molecular formula is C16H25FN2O. The Morgan fingerprint density at radius 3 is 2.80 bits per heavy atom. The predicted molar refractivity (Wildman–Crippen MR) is 79.3 cm³/mol. The van der Waals surface area contributed by atoms with Crippen molar-refractivity contribution in [3.05, 3.63) is 35.6 Å². The molecule has 20 heavy (non-hydrogen) atoms. The molecule has 0 amide bonds. The topological polar surface area (TPSA) is 24.5 Å². The molecule has 1 aromatic rings. The molecule has 112 valence electrons. The highest BCUT2D eigenvalue weighted by Crippen LogP contribution is 2.19. The van der Waals surface area contributed by atoms with E-state index in [1.165, 1.54) is 6.07 Å². The minimum atomic E-state index is -0.166. The Hall–Kier alpha value is -0.970. The molecule has 0 saturated carbocycles. The van der Waals surface area contributed by atoms with Gasteiger partial charge in [-0.15, -0.1) is 0 Å². The van der Waals surface area contributed by atoms with Gasteiger partial charge in [-0.1, -0.05) is 12.1 Å². The van der Waals surface area contributed by atoms with E-state index in [-0.39, 0.29) is 11.9 Å². The van der Waals surface area contributed by atoms with Gasteiger partial charge in [0.05, 0.1) is 0 Å². The van der Waals surface area contributed by atoms with Crippen LogP contribution < -0.4 is 5.32 Å². The Balaban J connectivity index is 1.87. The van der Waals surface area contributed by atoms with Crippen LogP contribution >= 0.6 is 0 Å². The van der Waals surface area contributed by atoms with Crippen molar-refractivity contribution < 1.29 is 9.13 Å². The van der Waals surface area contributed by atoms with Crippen LogP contribution in [0.4, 0.5) is 4.39 Å². The Bertz CT molecular complexity index is 407. The molecule has 3 nitrogen and oxygen atoms in total. The lowest BCUT2D eigenvalue weighted by Crippen LogP contribution is -2.38. The molecule has 0 radical (unpaired) electrons. The van der Waals surface area contributed by atoms with Gasteiger partial charge in [-0.3, -0.25) is 0 Å². The van der Waals surface area contributed by atoms with E-state index in [9.17, 15) is 4.39 Å². The SMILES string of the molecule is CNC(CCN(C)C1CCOCC1)c1cccc(F)c1. The third-order valence-corrected chi connectivity index (χ3v) is 4.18. The molecule has 1 fully saturated rings. The highest BCUT2D eigenvalue weighted by atomic mass is 19.1. The van der Waals surface area contributed by atoms with Gasteiger partial charge in [-0.25, -0.2) is 4.39 Å². The Morgan fingerprint density at radius 1 is 1.40 bits per heavy atom.